The molecule has 0 spiro atoms. The Hall–Kier alpha value is -1.44. The van der Waals surface area contributed by atoms with E-state index in [4.69, 9.17) is 0 Å². The second-order valence-electron chi connectivity index (χ2n) is 4.91. The van der Waals surface area contributed by atoms with Crippen molar-refractivity contribution in [1.82, 2.24) is 4.72 Å². The molecule has 0 radical (unpaired) electrons. The van der Waals surface area contributed by atoms with Crippen molar-refractivity contribution in [3.8, 4) is 0 Å². The Morgan fingerprint density at radius 1 is 1.29 bits per heavy atom. The van der Waals surface area contributed by atoms with Crippen LogP contribution < -0.4 is 10.0 Å². The lowest BCUT2D eigenvalue weighted by Crippen LogP contribution is -2.42. The van der Waals surface area contributed by atoms with Gasteiger partial charge in [0, 0.05) is 11.3 Å². The molecule has 0 aliphatic heterocycles. The van der Waals surface area contributed by atoms with Crippen molar-refractivity contribution >= 4 is 21.6 Å². The first kappa shape index (κ1) is 17.6. The maximum absolute atomic E-state index is 12.0. The number of rotatable bonds is 7. The van der Waals surface area contributed by atoms with Gasteiger partial charge in [-0.3, -0.25) is 4.79 Å². The third-order valence-corrected chi connectivity index (χ3v) is 4.55. The van der Waals surface area contributed by atoms with Crippen LogP contribution in [0.15, 0.2) is 24.3 Å². The van der Waals surface area contributed by atoms with Gasteiger partial charge in [0.15, 0.2) is 0 Å². The summed E-state index contributed by atoms with van der Waals surface area (Å²) in [5.74, 6) is -0.489. The van der Waals surface area contributed by atoms with Gasteiger partial charge in [0.05, 0.1) is 17.9 Å². The Bertz CT molecular complexity index is 584. The van der Waals surface area contributed by atoms with Gasteiger partial charge in [-0.2, -0.15) is 0 Å². The molecule has 7 heteroatoms. The zero-order valence-corrected chi connectivity index (χ0v) is 13.3. The smallest absolute Gasteiger partial charge is 0.242 e. The molecule has 0 bridgehead atoms. The Balaban J connectivity index is 2.78. The SMILES string of the molecule is CCCS(=O)(=O)NC(C)C(=O)Nc1ccccc1C(C)O. The number of para-hydroxylation sites is 1. The molecular formula is C14H22N2O4S. The van der Waals surface area contributed by atoms with Gasteiger partial charge in [0.25, 0.3) is 0 Å². The minimum absolute atomic E-state index is 0.0190. The Labute approximate surface area is 125 Å². The predicted octanol–water partition coefficient (Wildman–Crippen LogP) is 1.40. The standard InChI is InChI=1S/C14H22N2O4S/c1-4-9-21(19,20)16-10(2)14(18)15-13-8-6-5-7-12(13)11(3)17/h5-8,10-11,16-17H,4,9H2,1-3H3,(H,15,18). The van der Waals surface area contributed by atoms with Crippen LogP contribution in [0, 0.1) is 0 Å². The fraction of sp³-hybridized carbons (Fsp3) is 0.500. The van der Waals surface area contributed by atoms with Gasteiger partial charge in [-0.05, 0) is 26.3 Å². The van der Waals surface area contributed by atoms with E-state index in [0.717, 1.165) is 0 Å². The third kappa shape index (κ3) is 5.45. The number of anilines is 1. The summed E-state index contributed by atoms with van der Waals surface area (Å²) < 4.78 is 25.6. The van der Waals surface area contributed by atoms with Crippen molar-refractivity contribution in [2.24, 2.45) is 0 Å². The fourth-order valence-electron chi connectivity index (χ4n) is 1.87. The van der Waals surface area contributed by atoms with Gasteiger partial charge in [-0.1, -0.05) is 25.1 Å². The molecule has 1 rings (SSSR count). The zero-order valence-electron chi connectivity index (χ0n) is 12.5. The number of nitrogens with one attached hydrogen (secondary N) is 2. The van der Waals surface area contributed by atoms with Gasteiger partial charge < -0.3 is 10.4 Å². The Morgan fingerprint density at radius 3 is 2.48 bits per heavy atom. The summed E-state index contributed by atoms with van der Waals surface area (Å²) in [4.78, 5) is 12.0. The van der Waals surface area contributed by atoms with Gasteiger partial charge in [-0.25, -0.2) is 13.1 Å². The van der Waals surface area contributed by atoms with Crippen LogP contribution >= 0.6 is 0 Å². The second-order valence-corrected chi connectivity index (χ2v) is 6.78. The van der Waals surface area contributed by atoms with Gasteiger partial charge >= 0.3 is 0 Å². The number of aliphatic hydroxyl groups is 1. The number of benzene rings is 1. The topological polar surface area (TPSA) is 95.5 Å². The first-order valence-electron chi connectivity index (χ1n) is 6.84. The molecule has 0 aliphatic rings. The lowest BCUT2D eigenvalue weighted by Gasteiger charge is -2.17. The Kier molecular flexibility index (Phi) is 6.32. The van der Waals surface area contributed by atoms with E-state index >= 15 is 0 Å². The van der Waals surface area contributed by atoms with Crippen molar-refractivity contribution in [1.29, 1.82) is 0 Å². The molecule has 2 unspecified atom stereocenters. The minimum Gasteiger partial charge on any atom is -0.389 e. The number of hydrogen-bond acceptors (Lipinski definition) is 4. The molecular weight excluding hydrogens is 292 g/mol. The first-order valence-corrected chi connectivity index (χ1v) is 8.50. The van der Waals surface area contributed by atoms with Crippen LogP contribution in [0.1, 0.15) is 38.9 Å². The number of carbonyl (C=O) groups is 1. The lowest BCUT2D eigenvalue weighted by molar-refractivity contribution is -0.117. The van der Waals surface area contributed by atoms with Crippen LogP contribution in [0.4, 0.5) is 5.69 Å². The van der Waals surface area contributed by atoms with Crippen molar-refractivity contribution in [2.75, 3.05) is 11.1 Å². The largest absolute Gasteiger partial charge is 0.389 e. The number of sulfonamides is 1. The molecule has 2 atom stereocenters. The van der Waals surface area contributed by atoms with E-state index in [1.165, 1.54) is 6.92 Å². The monoisotopic (exact) mass is 314 g/mol. The normalized spacial score (nSPS) is 14.5. The molecule has 6 nitrogen and oxygen atoms in total. The van der Waals surface area contributed by atoms with Crippen molar-refractivity contribution in [2.45, 2.75) is 39.3 Å². The van der Waals surface area contributed by atoms with E-state index in [1.54, 1.807) is 38.1 Å². The van der Waals surface area contributed by atoms with E-state index < -0.39 is 28.1 Å². The quantitative estimate of drug-likeness (QED) is 0.709. The molecule has 0 aromatic heterocycles. The van der Waals surface area contributed by atoms with Gasteiger partial charge in [0.2, 0.25) is 15.9 Å². The molecule has 0 saturated carbocycles. The number of amides is 1. The van der Waals surface area contributed by atoms with Crippen molar-refractivity contribution < 1.29 is 18.3 Å². The van der Waals surface area contributed by atoms with E-state index in [9.17, 15) is 18.3 Å². The average molecular weight is 314 g/mol. The minimum atomic E-state index is -3.45. The lowest BCUT2D eigenvalue weighted by atomic mass is 10.1. The van der Waals surface area contributed by atoms with E-state index in [1.807, 2.05) is 0 Å². The Morgan fingerprint density at radius 2 is 1.90 bits per heavy atom. The van der Waals surface area contributed by atoms with E-state index in [2.05, 4.69) is 10.0 Å². The average Bonchev–Trinajstić information content (AvgIpc) is 2.38. The summed E-state index contributed by atoms with van der Waals surface area (Å²) in [6, 6.07) is 5.96. The first-order chi connectivity index (χ1) is 9.76. The van der Waals surface area contributed by atoms with Crippen molar-refractivity contribution in [3.63, 3.8) is 0 Å². The summed E-state index contributed by atoms with van der Waals surface area (Å²) in [5.41, 5.74) is 1.05. The highest BCUT2D eigenvalue weighted by molar-refractivity contribution is 7.89. The summed E-state index contributed by atoms with van der Waals surface area (Å²) in [7, 11) is -3.45. The van der Waals surface area contributed by atoms with Crippen LogP contribution in [0.2, 0.25) is 0 Å². The van der Waals surface area contributed by atoms with Crippen LogP contribution in [-0.4, -0.2) is 31.2 Å². The maximum Gasteiger partial charge on any atom is 0.242 e. The summed E-state index contributed by atoms with van der Waals surface area (Å²) in [6.45, 7) is 4.83. The molecule has 0 fully saturated rings. The van der Waals surface area contributed by atoms with E-state index in [-0.39, 0.29) is 5.75 Å². The van der Waals surface area contributed by atoms with Crippen LogP contribution in [0.3, 0.4) is 0 Å². The van der Waals surface area contributed by atoms with E-state index in [0.29, 0.717) is 17.7 Å². The van der Waals surface area contributed by atoms with Crippen LogP contribution in [0.25, 0.3) is 0 Å². The third-order valence-electron chi connectivity index (χ3n) is 2.89. The molecule has 0 saturated heterocycles. The fourth-order valence-corrected chi connectivity index (χ4v) is 3.17. The van der Waals surface area contributed by atoms with Crippen LogP contribution in [0.5, 0.6) is 0 Å². The number of aliphatic hydroxyl groups excluding tert-OH is 1. The second kappa shape index (κ2) is 7.53. The summed E-state index contributed by atoms with van der Waals surface area (Å²) in [5, 5.41) is 12.3. The highest BCUT2D eigenvalue weighted by Gasteiger charge is 2.20. The van der Waals surface area contributed by atoms with Crippen LogP contribution in [-0.2, 0) is 14.8 Å². The van der Waals surface area contributed by atoms with Gasteiger partial charge in [0.1, 0.15) is 0 Å². The highest BCUT2D eigenvalue weighted by atomic mass is 32.2. The van der Waals surface area contributed by atoms with Gasteiger partial charge in [-0.15, -0.1) is 0 Å². The molecule has 21 heavy (non-hydrogen) atoms. The van der Waals surface area contributed by atoms with Crippen molar-refractivity contribution in [3.05, 3.63) is 29.8 Å². The summed E-state index contributed by atoms with van der Waals surface area (Å²) >= 11 is 0. The molecule has 0 heterocycles. The molecule has 118 valence electrons. The molecule has 1 aromatic rings. The maximum atomic E-state index is 12.0. The molecule has 1 amide bonds. The zero-order chi connectivity index (χ0) is 16.0. The molecule has 0 aliphatic carbocycles. The predicted molar refractivity (Wildman–Crippen MR) is 82.4 cm³/mol. The number of carbonyl (C=O) groups excluding carboxylic acids is 1. The summed E-state index contributed by atoms with van der Waals surface area (Å²) in [6.07, 6.45) is -0.247. The number of hydrogen-bond donors (Lipinski definition) is 3. The molecule has 1 aromatic carbocycles. The highest BCUT2D eigenvalue weighted by Crippen LogP contribution is 2.22. The molecule has 3 N–H and O–H groups in total.